The zero-order chi connectivity index (χ0) is 11.5. The van der Waals surface area contributed by atoms with Gasteiger partial charge in [-0.05, 0) is 37.8 Å². The average molecular weight is 224 g/mol. The van der Waals surface area contributed by atoms with E-state index in [1.807, 2.05) is 0 Å². The Bertz CT molecular complexity index is 362. The predicted octanol–water partition coefficient (Wildman–Crippen LogP) is 2.12. The van der Waals surface area contributed by atoms with Gasteiger partial charge in [0, 0.05) is 6.04 Å². The number of aliphatic hydroxyl groups excluding tert-OH is 1. The van der Waals surface area contributed by atoms with Crippen molar-refractivity contribution in [1.82, 2.24) is 0 Å². The van der Waals surface area contributed by atoms with E-state index in [9.17, 15) is 9.50 Å². The molecule has 0 heterocycles. The summed E-state index contributed by atoms with van der Waals surface area (Å²) in [7, 11) is 0. The Morgan fingerprint density at radius 1 is 1.25 bits per heavy atom. The third-order valence-electron chi connectivity index (χ3n) is 3.11. The second-order valence-electron chi connectivity index (χ2n) is 4.35. The lowest BCUT2D eigenvalue weighted by Gasteiger charge is -2.27. The summed E-state index contributed by atoms with van der Waals surface area (Å²) in [6.45, 7) is 0. The fraction of sp³-hybridized carbons (Fsp3) is 0.500. The standard InChI is InChI=1S/C12H17FN2O/c13-10-2-1-3-11(12(10)14)15-8-4-6-9(16)7-5-8/h1-3,8-9,15-16H,4-7,14H2. The zero-order valence-corrected chi connectivity index (χ0v) is 9.12. The van der Waals surface area contributed by atoms with Crippen LogP contribution < -0.4 is 11.1 Å². The minimum atomic E-state index is -0.388. The molecule has 0 radical (unpaired) electrons. The van der Waals surface area contributed by atoms with Gasteiger partial charge in [-0.15, -0.1) is 0 Å². The van der Waals surface area contributed by atoms with E-state index in [0.29, 0.717) is 5.69 Å². The number of benzene rings is 1. The van der Waals surface area contributed by atoms with E-state index >= 15 is 0 Å². The minimum absolute atomic E-state index is 0.175. The minimum Gasteiger partial charge on any atom is -0.395 e. The number of rotatable bonds is 2. The van der Waals surface area contributed by atoms with E-state index in [0.717, 1.165) is 25.7 Å². The Morgan fingerprint density at radius 3 is 2.62 bits per heavy atom. The van der Waals surface area contributed by atoms with E-state index in [2.05, 4.69) is 5.32 Å². The summed E-state index contributed by atoms with van der Waals surface area (Å²) < 4.78 is 13.2. The number of para-hydroxylation sites is 1. The molecule has 16 heavy (non-hydrogen) atoms. The van der Waals surface area contributed by atoms with Crippen LogP contribution in [0.5, 0.6) is 0 Å². The lowest BCUT2D eigenvalue weighted by Crippen LogP contribution is -2.28. The van der Waals surface area contributed by atoms with Gasteiger partial charge in [-0.25, -0.2) is 4.39 Å². The third-order valence-corrected chi connectivity index (χ3v) is 3.11. The molecule has 4 heteroatoms. The molecule has 1 aliphatic carbocycles. The molecule has 1 aliphatic rings. The molecule has 1 saturated carbocycles. The van der Waals surface area contributed by atoms with Crippen LogP contribution in [0.4, 0.5) is 15.8 Å². The predicted molar refractivity (Wildman–Crippen MR) is 62.7 cm³/mol. The fourth-order valence-corrected chi connectivity index (χ4v) is 2.10. The molecular weight excluding hydrogens is 207 g/mol. The monoisotopic (exact) mass is 224 g/mol. The van der Waals surface area contributed by atoms with Crippen LogP contribution in [0.15, 0.2) is 18.2 Å². The first-order valence-corrected chi connectivity index (χ1v) is 5.65. The zero-order valence-electron chi connectivity index (χ0n) is 9.12. The molecule has 1 aromatic carbocycles. The molecule has 0 saturated heterocycles. The first-order valence-electron chi connectivity index (χ1n) is 5.65. The summed E-state index contributed by atoms with van der Waals surface area (Å²) in [4.78, 5) is 0. The van der Waals surface area contributed by atoms with Crippen LogP contribution >= 0.6 is 0 Å². The molecule has 0 atom stereocenters. The molecule has 1 aromatic rings. The summed E-state index contributed by atoms with van der Waals surface area (Å²) in [5.41, 5.74) is 6.47. The molecular formula is C12H17FN2O. The second kappa shape index (κ2) is 4.70. The fourth-order valence-electron chi connectivity index (χ4n) is 2.10. The number of hydrogen-bond donors (Lipinski definition) is 3. The normalized spacial score (nSPS) is 25.4. The highest BCUT2D eigenvalue weighted by molar-refractivity contribution is 5.66. The molecule has 88 valence electrons. The van der Waals surface area contributed by atoms with Gasteiger partial charge in [0.2, 0.25) is 0 Å². The number of hydrogen-bond acceptors (Lipinski definition) is 3. The van der Waals surface area contributed by atoms with Crippen molar-refractivity contribution in [1.29, 1.82) is 0 Å². The molecule has 0 spiro atoms. The van der Waals surface area contributed by atoms with Crippen molar-refractivity contribution in [2.75, 3.05) is 11.1 Å². The Morgan fingerprint density at radius 2 is 1.94 bits per heavy atom. The van der Waals surface area contributed by atoms with E-state index in [4.69, 9.17) is 5.73 Å². The number of halogens is 1. The molecule has 0 aromatic heterocycles. The lowest BCUT2D eigenvalue weighted by atomic mass is 9.93. The smallest absolute Gasteiger partial charge is 0.148 e. The summed E-state index contributed by atoms with van der Waals surface area (Å²) in [5.74, 6) is -0.388. The van der Waals surface area contributed by atoms with Crippen molar-refractivity contribution >= 4 is 11.4 Å². The number of nitrogen functional groups attached to an aromatic ring is 1. The molecule has 0 aliphatic heterocycles. The largest absolute Gasteiger partial charge is 0.395 e. The Labute approximate surface area is 94.5 Å². The summed E-state index contributed by atoms with van der Waals surface area (Å²) in [6.07, 6.45) is 3.22. The Hall–Kier alpha value is -1.29. The average Bonchev–Trinajstić information content (AvgIpc) is 2.28. The Kier molecular flexibility index (Phi) is 3.29. The number of aliphatic hydroxyl groups is 1. The van der Waals surface area contributed by atoms with Gasteiger partial charge in [-0.3, -0.25) is 0 Å². The van der Waals surface area contributed by atoms with Gasteiger partial charge in [-0.1, -0.05) is 6.07 Å². The van der Waals surface area contributed by atoms with Gasteiger partial charge in [0.1, 0.15) is 5.82 Å². The van der Waals surface area contributed by atoms with Crippen LogP contribution in [0, 0.1) is 5.82 Å². The van der Waals surface area contributed by atoms with Crippen molar-refractivity contribution in [2.45, 2.75) is 37.8 Å². The summed E-state index contributed by atoms with van der Waals surface area (Å²) in [5, 5.41) is 12.6. The molecule has 0 unspecified atom stereocenters. The molecule has 0 bridgehead atoms. The van der Waals surface area contributed by atoms with Crippen molar-refractivity contribution < 1.29 is 9.50 Å². The number of nitrogens with one attached hydrogen (secondary N) is 1. The lowest BCUT2D eigenvalue weighted by molar-refractivity contribution is 0.126. The maximum atomic E-state index is 13.2. The highest BCUT2D eigenvalue weighted by Crippen LogP contribution is 2.26. The maximum absolute atomic E-state index is 13.2. The molecule has 4 N–H and O–H groups in total. The van der Waals surface area contributed by atoms with E-state index in [1.54, 1.807) is 12.1 Å². The molecule has 0 amide bonds. The summed E-state index contributed by atoms with van der Waals surface area (Å²) >= 11 is 0. The van der Waals surface area contributed by atoms with Crippen LogP contribution in [0.2, 0.25) is 0 Å². The maximum Gasteiger partial charge on any atom is 0.148 e. The van der Waals surface area contributed by atoms with Crippen molar-refractivity contribution in [3.63, 3.8) is 0 Å². The highest BCUT2D eigenvalue weighted by atomic mass is 19.1. The quantitative estimate of drug-likeness (QED) is 0.674. The highest BCUT2D eigenvalue weighted by Gasteiger charge is 2.19. The van der Waals surface area contributed by atoms with E-state index in [-0.39, 0.29) is 23.7 Å². The Balaban J connectivity index is 2.01. The van der Waals surface area contributed by atoms with Crippen molar-refractivity contribution in [3.8, 4) is 0 Å². The van der Waals surface area contributed by atoms with Gasteiger partial charge in [0.25, 0.3) is 0 Å². The number of nitrogens with two attached hydrogens (primary N) is 1. The van der Waals surface area contributed by atoms with Crippen LogP contribution in [-0.2, 0) is 0 Å². The molecule has 1 fully saturated rings. The van der Waals surface area contributed by atoms with Gasteiger partial charge >= 0.3 is 0 Å². The van der Waals surface area contributed by atoms with Crippen molar-refractivity contribution in [3.05, 3.63) is 24.0 Å². The molecule has 2 rings (SSSR count). The van der Waals surface area contributed by atoms with Crippen LogP contribution in [0.1, 0.15) is 25.7 Å². The van der Waals surface area contributed by atoms with Crippen LogP contribution in [0.25, 0.3) is 0 Å². The SMILES string of the molecule is Nc1c(F)cccc1NC1CCC(O)CC1. The topological polar surface area (TPSA) is 58.3 Å². The summed E-state index contributed by atoms with van der Waals surface area (Å²) in [6, 6.07) is 5.06. The van der Waals surface area contributed by atoms with Gasteiger partial charge in [0.15, 0.2) is 0 Å². The van der Waals surface area contributed by atoms with E-state index in [1.165, 1.54) is 6.07 Å². The van der Waals surface area contributed by atoms with Gasteiger partial charge in [-0.2, -0.15) is 0 Å². The van der Waals surface area contributed by atoms with Crippen molar-refractivity contribution in [2.24, 2.45) is 0 Å². The molecule has 3 nitrogen and oxygen atoms in total. The van der Waals surface area contributed by atoms with Gasteiger partial charge in [0.05, 0.1) is 17.5 Å². The number of anilines is 2. The van der Waals surface area contributed by atoms with Crippen LogP contribution in [0.3, 0.4) is 0 Å². The van der Waals surface area contributed by atoms with Gasteiger partial charge < -0.3 is 16.2 Å². The first kappa shape index (κ1) is 11.2. The van der Waals surface area contributed by atoms with Crippen LogP contribution in [-0.4, -0.2) is 17.3 Å². The van der Waals surface area contributed by atoms with E-state index < -0.39 is 0 Å². The second-order valence-corrected chi connectivity index (χ2v) is 4.35. The third kappa shape index (κ3) is 2.44. The first-order chi connectivity index (χ1) is 7.66.